The van der Waals surface area contributed by atoms with Gasteiger partial charge in [-0.3, -0.25) is 4.79 Å². The van der Waals surface area contributed by atoms with Crippen molar-refractivity contribution in [3.63, 3.8) is 0 Å². The first-order chi connectivity index (χ1) is 11.4. The van der Waals surface area contributed by atoms with Crippen LogP contribution in [0.1, 0.15) is 39.0 Å². The van der Waals surface area contributed by atoms with Gasteiger partial charge in [-0.1, -0.05) is 24.3 Å². The van der Waals surface area contributed by atoms with Gasteiger partial charge in [-0.05, 0) is 61.6 Å². The molecule has 4 nitrogen and oxygen atoms in total. The van der Waals surface area contributed by atoms with E-state index in [1.807, 2.05) is 0 Å². The summed E-state index contributed by atoms with van der Waals surface area (Å²) in [4.78, 5) is 23.9. The molecule has 0 aliphatic carbocycles. The van der Waals surface area contributed by atoms with Gasteiger partial charge in [0.1, 0.15) is 0 Å². The van der Waals surface area contributed by atoms with Gasteiger partial charge in [0.15, 0.2) is 0 Å². The van der Waals surface area contributed by atoms with E-state index in [0.29, 0.717) is 29.7 Å². The summed E-state index contributed by atoms with van der Waals surface area (Å²) >= 11 is 0. The normalized spacial score (nSPS) is 10.3. The highest BCUT2D eigenvalue weighted by molar-refractivity contribution is 5.96. The Kier molecular flexibility index (Phi) is 5.74. The maximum Gasteiger partial charge on any atom is 0.338 e. The second-order valence-corrected chi connectivity index (χ2v) is 5.94. The lowest BCUT2D eigenvalue weighted by atomic mass is 10.0. The quantitative estimate of drug-likeness (QED) is 0.846. The Bertz CT molecular complexity index is 765. The number of nitrogens with one attached hydrogen (secondary N) is 1. The number of benzene rings is 2. The summed E-state index contributed by atoms with van der Waals surface area (Å²) in [6.07, 6.45) is 1.08. The van der Waals surface area contributed by atoms with Crippen molar-refractivity contribution >= 4 is 17.6 Å². The summed E-state index contributed by atoms with van der Waals surface area (Å²) in [6.45, 7) is 5.94. The molecule has 0 aliphatic rings. The number of hydrogen-bond acceptors (Lipinski definition) is 3. The van der Waals surface area contributed by atoms with Gasteiger partial charge in [0.2, 0.25) is 5.91 Å². The fourth-order valence-electron chi connectivity index (χ4n) is 2.53. The molecule has 0 radical (unpaired) electrons. The van der Waals surface area contributed by atoms with Gasteiger partial charge in [-0.2, -0.15) is 0 Å². The lowest BCUT2D eigenvalue weighted by Gasteiger charge is -2.11. The number of amides is 1. The molecule has 0 heterocycles. The Morgan fingerprint density at radius 3 is 2.46 bits per heavy atom. The maximum atomic E-state index is 12.2. The van der Waals surface area contributed by atoms with Gasteiger partial charge in [0.25, 0.3) is 0 Å². The molecule has 2 aromatic carbocycles. The molecular formula is C20H23NO3. The molecule has 0 bridgehead atoms. The Balaban J connectivity index is 2.02. The van der Waals surface area contributed by atoms with Crippen LogP contribution in [0, 0.1) is 20.8 Å². The van der Waals surface area contributed by atoms with Crippen LogP contribution in [0.15, 0.2) is 36.4 Å². The average molecular weight is 325 g/mol. The van der Waals surface area contributed by atoms with Crippen LogP contribution in [0.5, 0.6) is 0 Å². The number of rotatable bonds is 5. The molecule has 0 saturated carbocycles. The lowest BCUT2D eigenvalue weighted by Crippen LogP contribution is -2.14. The molecule has 2 rings (SSSR count). The van der Waals surface area contributed by atoms with Gasteiger partial charge in [-0.25, -0.2) is 4.79 Å². The molecule has 0 spiro atoms. The molecule has 1 amide bonds. The van der Waals surface area contributed by atoms with Crippen LogP contribution < -0.4 is 5.32 Å². The molecule has 1 N–H and O–H groups in total. The SMILES string of the molecule is COC(=O)c1cccc(NC(=O)CCc2ccc(C)c(C)c2)c1C. The molecule has 0 atom stereocenters. The molecule has 126 valence electrons. The van der Waals surface area contributed by atoms with Crippen LogP contribution in [-0.2, 0) is 16.0 Å². The van der Waals surface area contributed by atoms with E-state index in [1.54, 1.807) is 25.1 Å². The number of hydrogen-bond donors (Lipinski definition) is 1. The van der Waals surface area contributed by atoms with Crippen molar-refractivity contribution in [1.29, 1.82) is 0 Å². The zero-order chi connectivity index (χ0) is 17.7. The molecule has 0 unspecified atom stereocenters. The second kappa shape index (κ2) is 7.77. The highest BCUT2D eigenvalue weighted by Crippen LogP contribution is 2.20. The Morgan fingerprint density at radius 2 is 1.79 bits per heavy atom. The van der Waals surface area contributed by atoms with E-state index in [9.17, 15) is 9.59 Å². The van der Waals surface area contributed by atoms with Gasteiger partial charge in [0, 0.05) is 12.1 Å². The van der Waals surface area contributed by atoms with E-state index in [0.717, 1.165) is 5.56 Å². The van der Waals surface area contributed by atoms with Gasteiger partial charge in [-0.15, -0.1) is 0 Å². The number of methoxy groups -OCH3 is 1. The summed E-state index contributed by atoms with van der Waals surface area (Å²) in [7, 11) is 1.34. The van der Waals surface area contributed by atoms with Crippen LogP contribution >= 0.6 is 0 Å². The third-order valence-corrected chi connectivity index (χ3v) is 4.23. The lowest BCUT2D eigenvalue weighted by molar-refractivity contribution is -0.116. The molecule has 2 aromatic rings. The first-order valence-corrected chi connectivity index (χ1v) is 7.96. The number of carbonyl (C=O) groups excluding carboxylic acids is 2. The summed E-state index contributed by atoms with van der Waals surface area (Å²) in [5, 5.41) is 2.88. The summed E-state index contributed by atoms with van der Waals surface area (Å²) in [5.41, 5.74) is 5.44. The number of aryl methyl sites for hydroxylation is 3. The van der Waals surface area contributed by atoms with E-state index in [4.69, 9.17) is 4.74 Å². The molecule has 0 fully saturated rings. The number of esters is 1. The largest absolute Gasteiger partial charge is 0.465 e. The van der Waals surface area contributed by atoms with Crippen molar-refractivity contribution in [1.82, 2.24) is 0 Å². The van der Waals surface area contributed by atoms with Crippen LogP contribution in [0.4, 0.5) is 5.69 Å². The van der Waals surface area contributed by atoms with Crippen molar-refractivity contribution in [2.45, 2.75) is 33.6 Å². The molecule has 0 aliphatic heterocycles. The standard InChI is InChI=1S/C20H23NO3/c1-13-8-9-16(12-14(13)2)10-11-19(22)21-18-7-5-6-17(15(18)3)20(23)24-4/h5-9,12H,10-11H2,1-4H3,(H,21,22). The maximum absolute atomic E-state index is 12.2. The van der Waals surface area contributed by atoms with E-state index >= 15 is 0 Å². The van der Waals surface area contributed by atoms with E-state index in [-0.39, 0.29) is 5.91 Å². The number of anilines is 1. The Hall–Kier alpha value is -2.62. The third-order valence-electron chi connectivity index (χ3n) is 4.23. The predicted molar refractivity (Wildman–Crippen MR) is 95.4 cm³/mol. The number of ether oxygens (including phenoxy) is 1. The monoisotopic (exact) mass is 325 g/mol. The zero-order valence-corrected chi connectivity index (χ0v) is 14.6. The fourth-order valence-corrected chi connectivity index (χ4v) is 2.53. The zero-order valence-electron chi connectivity index (χ0n) is 14.6. The van der Waals surface area contributed by atoms with E-state index < -0.39 is 5.97 Å². The Labute approximate surface area is 142 Å². The minimum Gasteiger partial charge on any atom is -0.465 e. The third kappa shape index (κ3) is 4.22. The van der Waals surface area contributed by atoms with Crippen molar-refractivity contribution in [3.05, 3.63) is 64.2 Å². The molecule has 0 saturated heterocycles. The number of carbonyl (C=O) groups is 2. The van der Waals surface area contributed by atoms with Gasteiger partial charge in [0.05, 0.1) is 12.7 Å². The Morgan fingerprint density at radius 1 is 1.04 bits per heavy atom. The van der Waals surface area contributed by atoms with Gasteiger partial charge < -0.3 is 10.1 Å². The van der Waals surface area contributed by atoms with Crippen LogP contribution in [0.3, 0.4) is 0 Å². The summed E-state index contributed by atoms with van der Waals surface area (Å²) < 4.78 is 4.75. The first-order valence-electron chi connectivity index (χ1n) is 7.96. The van der Waals surface area contributed by atoms with Crippen molar-refractivity contribution in [2.75, 3.05) is 12.4 Å². The fraction of sp³-hybridized carbons (Fsp3) is 0.300. The van der Waals surface area contributed by atoms with Crippen LogP contribution in [0.2, 0.25) is 0 Å². The van der Waals surface area contributed by atoms with Crippen molar-refractivity contribution < 1.29 is 14.3 Å². The average Bonchev–Trinajstić information content (AvgIpc) is 2.57. The second-order valence-electron chi connectivity index (χ2n) is 5.94. The smallest absolute Gasteiger partial charge is 0.338 e. The predicted octanol–water partition coefficient (Wildman–Crippen LogP) is 3.97. The topological polar surface area (TPSA) is 55.4 Å². The minimum atomic E-state index is -0.404. The highest BCUT2D eigenvalue weighted by atomic mass is 16.5. The summed E-state index contributed by atoms with van der Waals surface area (Å²) in [5.74, 6) is -0.475. The highest BCUT2D eigenvalue weighted by Gasteiger charge is 2.13. The van der Waals surface area contributed by atoms with Crippen molar-refractivity contribution in [3.8, 4) is 0 Å². The minimum absolute atomic E-state index is 0.0710. The van der Waals surface area contributed by atoms with Gasteiger partial charge >= 0.3 is 5.97 Å². The van der Waals surface area contributed by atoms with Crippen LogP contribution in [0.25, 0.3) is 0 Å². The summed E-state index contributed by atoms with van der Waals surface area (Å²) in [6, 6.07) is 11.5. The molecule has 4 heteroatoms. The molecule has 24 heavy (non-hydrogen) atoms. The molecule has 0 aromatic heterocycles. The molecular weight excluding hydrogens is 302 g/mol. The van der Waals surface area contributed by atoms with E-state index in [1.165, 1.54) is 18.2 Å². The van der Waals surface area contributed by atoms with Crippen molar-refractivity contribution in [2.24, 2.45) is 0 Å². The van der Waals surface area contributed by atoms with E-state index in [2.05, 4.69) is 37.4 Å². The first kappa shape index (κ1) is 17.7. The van der Waals surface area contributed by atoms with Crippen LogP contribution in [-0.4, -0.2) is 19.0 Å².